The fourth-order valence-corrected chi connectivity index (χ4v) is 1.85. The van der Waals surface area contributed by atoms with Gasteiger partial charge < -0.3 is 9.64 Å². The van der Waals surface area contributed by atoms with Crippen molar-refractivity contribution in [3.8, 4) is 0 Å². The monoisotopic (exact) mass is 171 g/mol. The predicted octanol–water partition coefficient (Wildman–Crippen LogP) is 1.75. The summed E-state index contributed by atoms with van der Waals surface area (Å²) in [6, 6.07) is 0. The molecule has 0 radical (unpaired) electrons. The zero-order valence-electron chi connectivity index (χ0n) is 8.38. The second kappa shape index (κ2) is 5.55. The summed E-state index contributed by atoms with van der Waals surface area (Å²) in [5, 5.41) is 0. The summed E-state index contributed by atoms with van der Waals surface area (Å²) in [6.45, 7) is 9.96. The minimum absolute atomic E-state index is 0.802. The van der Waals surface area contributed by atoms with Crippen LogP contribution in [0.1, 0.15) is 26.7 Å². The summed E-state index contributed by atoms with van der Waals surface area (Å²) >= 11 is 0. The van der Waals surface area contributed by atoms with Gasteiger partial charge in [-0.15, -0.1) is 0 Å². The maximum Gasteiger partial charge on any atom is 0.0506 e. The summed E-state index contributed by atoms with van der Waals surface area (Å²) in [5.74, 6) is 0.802. The molecule has 0 saturated carbocycles. The van der Waals surface area contributed by atoms with Crippen LogP contribution in [0, 0.1) is 5.92 Å². The maximum absolute atomic E-state index is 5.42. The molecule has 0 aromatic rings. The third kappa shape index (κ3) is 3.11. The molecule has 72 valence electrons. The number of hydrogen-bond acceptors (Lipinski definition) is 2. The molecule has 2 heteroatoms. The van der Waals surface area contributed by atoms with Crippen molar-refractivity contribution in [1.82, 2.24) is 4.90 Å². The van der Waals surface area contributed by atoms with Crippen molar-refractivity contribution < 1.29 is 4.74 Å². The molecule has 1 rings (SSSR count). The molecule has 12 heavy (non-hydrogen) atoms. The van der Waals surface area contributed by atoms with Crippen LogP contribution in [0.4, 0.5) is 0 Å². The lowest BCUT2D eigenvalue weighted by molar-refractivity contribution is 0.112. The molecule has 0 unspecified atom stereocenters. The Bertz CT molecular complexity index is 116. The molecule has 1 atom stereocenters. The van der Waals surface area contributed by atoms with Crippen molar-refractivity contribution in [1.29, 1.82) is 0 Å². The highest BCUT2D eigenvalue weighted by molar-refractivity contribution is 4.74. The highest BCUT2D eigenvalue weighted by Crippen LogP contribution is 2.16. The number of nitrogens with zero attached hydrogens (tertiary/aromatic N) is 1. The lowest BCUT2D eigenvalue weighted by atomic mass is 10.1. The Morgan fingerprint density at radius 3 is 2.92 bits per heavy atom. The first-order valence-electron chi connectivity index (χ1n) is 5.16. The second-order valence-corrected chi connectivity index (χ2v) is 3.61. The first-order chi connectivity index (χ1) is 5.86. The normalized spacial score (nSPS) is 25.0. The van der Waals surface area contributed by atoms with Crippen molar-refractivity contribution in [2.75, 3.05) is 32.8 Å². The molecule has 0 aliphatic carbocycles. The van der Waals surface area contributed by atoms with Gasteiger partial charge in [-0.25, -0.2) is 0 Å². The first kappa shape index (κ1) is 10.0. The smallest absolute Gasteiger partial charge is 0.0506 e. The van der Waals surface area contributed by atoms with Gasteiger partial charge in [-0.3, -0.25) is 0 Å². The lowest BCUT2D eigenvalue weighted by Crippen LogP contribution is -2.22. The predicted molar refractivity (Wildman–Crippen MR) is 51.3 cm³/mol. The van der Waals surface area contributed by atoms with Crippen molar-refractivity contribution in [2.45, 2.75) is 26.7 Å². The van der Waals surface area contributed by atoms with Crippen LogP contribution in [0.15, 0.2) is 0 Å². The maximum atomic E-state index is 5.42. The van der Waals surface area contributed by atoms with E-state index < -0.39 is 0 Å². The molecule has 1 aliphatic heterocycles. The SMILES string of the molecule is CCCN1CC[C@H](COCC)C1. The molecule has 1 fully saturated rings. The number of likely N-dealkylation sites (tertiary alicyclic amines) is 1. The summed E-state index contributed by atoms with van der Waals surface area (Å²) in [7, 11) is 0. The zero-order valence-corrected chi connectivity index (χ0v) is 8.38. The van der Waals surface area contributed by atoms with Gasteiger partial charge in [0.1, 0.15) is 0 Å². The summed E-state index contributed by atoms with van der Waals surface area (Å²) < 4.78 is 5.42. The van der Waals surface area contributed by atoms with E-state index in [1.54, 1.807) is 0 Å². The van der Waals surface area contributed by atoms with E-state index in [0.29, 0.717) is 0 Å². The van der Waals surface area contributed by atoms with Gasteiger partial charge in [0, 0.05) is 13.2 Å². The van der Waals surface area contributed by atoms with Crippen LogP contribution in [0.25, 0.3) is 0 Å². The molecule has 1 aliphatic rings. The average Bonchev–Trinajstić information content (AvgIpc) is 2.50. The molecular weight excluding hydrogens is 150 g/mol. The molecule has 0 amide bonds. The first-order valence-corrected chi connectivity index (χ1v) is 5.16. The Hall–Kier alpha value is -0.0800. The van der Waals surface area contributed by atoms with Gasteiger partial charge in [0.2, 0.25) is 0 Å². The van der Waals surface area contributed by atoms with E-state index in [1.807, 2.05) is 0 Å². The number of rotatable bonds is 5. The molecule has 1 saturated heterocycles. The Balaban J connectivity index is 2.08. The van der Waals surface area contributed by atoms with E-state index in [4.69, 9.17) is 4.74 Å². The molecule has 0 N–H and O–H groups in total. The van der Waals surface area contributed by atoms with Gasteiger partial charge in [0.15, 0.2) is 0 Å². The third-order valence-electron chi connectivity index (χ3n) is 2.47. The third-order valence-corrected chi connectivity index (χ3v) is 2.47. The minimum Gasteiger partial charge on any atom is -0.381 e. The van der Waals surface area contributed by atoms with Gasteiger partial charge >= 0.3 is 0 Å². The van der Waals surface area contributed by atoms with Gasteiger partial charge in [-0.2, -0.15) is 0 Å². The summed E-state index contributed by atoms with van der Waals surface area (Å²) in [4.78, 5) is 2.55. The second-order valence-electron chi connectivity index (χ2n) is 3.61. The Labute approximate surface area is 75.9 Å². The largest absolute Gasteiger partial charge is 0.381 e. The Kier molecular flexibility index (Phi) is 4.62. The van der Waals surface area contributed by atoms with Gasteiger partial charge in [0.05, 0.1) is 6.61 Å². The van der Waals surface area contributed by atoms with Crippen LogP contribution < -0.4 is 0 Å². The molecule has 2 nitrogen and oxygen atoms in total. The van der Waals surface area contributed by atoms with Crippen LogP contribution in [0.2, 0.25) is 0 Å². The fourth-order valence-electron chi connectivity index (χ4n) is 1.85. The van der Waals surface area contributed by atoms with E-state index in [2.05, 4.69) is 18.7 Å². The zero-order chi connectivity index (χ0) is 8.81. The summed E-state index contributed by atoms with van der Waals surface area (Å²) in [5.41, 5.74) is 0. The average molecular weight is 171 g/mol. The molecule has 0 bridgehead atoms. The minimum atomic E-state index is 0.802. The van der Waals surface area contributed by atoms with E-state index in [-0.39, 0.29) is 0 Å². The Morgan fingerprint density at radius 1 is 1.42 bits per heavy atom. The van der Waals surface area contributed by atoms with Crippen LogP contribution >= 0.6 is 0 Å². The standard InChI is InChI=1S/C10H21NO/c1-3-6-11-7-5-10(8-11)9-12-4-2/h10H,3-9H2,1-2H3/t10-/m0/s1. The number of ether oxygens (including phenoxy) is 1. The Morgan fingerprint density at radius 2 is 2.25 bits per heavy atom. The van der Waals surface area contributed by atoms with E-state index in [9.17, 15) is 0 Å². The van der Waals surface area contributed by atoms with Crippen LogP contribution in [-0.4, -0.2) is 37.7 Å². The summed E-state index contributed by atoms with van der Waals surface area (Å²) in [6.07, 6.45) is 2.61. The van der Waals surface area contributed by atoms with E-state index in [1.165, 1.54) is 32.5 Å². The van der Waals surface area contributed by atoms with Gasteiger partial charge in [-0.1, -0.05) is 6.92 Å². The molecule has 1 heterocycles. The van der Waals surface area contributed by atoms with Gasteiger partial charge in [-0.05, 0) is 38.8 Å². The molecular formula is C10H21NO. The van der Waals surface area contributed by atoms with Crippen molar-refractivity contribution >= 4 is 0 Å². The van der Waals surface area contributed by atoms with Crippen LogP contribution in [0.5, 0.6) is 0 Å². The van der Waals surface area contributed by atoms with Gasteiger partial charge in [0.25, 0.3) is 0 Å². The number of hydrogen-bond donors (Lipinski definition) is 0. The fraction of sp³-hybridized carbons (Fsp3) is 1.00. The van der Waals surface area contributed by atoms with Crippen molar-refractivity contribution in [3.05, 3.63) is 0 Å². The quantitative estimate of drug-likeness (QED) is 0.625. The molecule has 0 aromatic heterocycles. The molecule has 0 aromatic carbocycles. The van der Waals surface area contributed by atoms with Crippen molar-refractivity contribution in [3.63, 3.8) is 0 Å². The highest BCUT2D eigenvalue weighted by atomic mass is 16.5. The van der Waals surface area contributed by atoms with Crippen LogP contribution in [0.3, 0.4) is 0 Å². The molecule has 0 spiro atoms. The van der Waals surface area contributed by atoms with E-state index >= 15 is 0 Å². The van der Waals surface area contributed by atoms with Crippen LogP contribution in [-0.2, 0) is 4.74 Å². The van der Waals surface area contributed by atoms with E-state index in [0.717, 1.165) is 19.1 Å². The highest BCUT2D eigenvalue weighted by Gasteiger charge is 2.21. The lowest BCUT2D eigenvalue weighted by Gasteiger charge is -2.14. The van der Waals surface area contributed by atoms with Crippen molar-refractivity contribution in [2.24, 2.45) is 5.92 Å². The topological polar surface area (TPSA) is 12.5 Å².